The number of amides is 1. The number of nitrogens with one attached hydrogen (secondary N) is 1. The van der Waals surface area contributed by atoms with Gasteiger partial charge in [-0.15, -0.1) is 10.2 Å². The zero-order chi connectivity index (χ0) is 21.3. The van der Waals surface area contributed by atoms with Crippen molar-refractivity contribution >= 4 is 23.4 Å². The molecule has 0 spiro atoms. The molecule has 158 valence electrons. The van der Waals surface area contributed by atoms with Crippen LogP contribution < -0.4 is 10.1 Å². The van der Waals surface area contributed by atoms with Gasteiger partial charge in [0.2, 0.25) is 5.91 Å². The summed E-state index contributed by atoms with van der Waals surface area (Å²) in [6, 6.07) is 16.0. The molecular formula is C23H28N4O2S. The quantitative estimate of drug-likeness (QED) is 0.477. The van der Waals surface area contributed by atoms with Crippen molar-refractivity contribution < 1.29 is 9.53 Å². The van der Waals surface area contributed by atoms with Gasteiger partial charge in [0.25, 0.3) is 0 Å². The number of nitrogens with zero attached hydrogens (tertiary/aromatic N) is 3. The molecule has 3 aromatic rings. The van der Waals surface area contributed by atoms with E-state index in [1.807, 2.05) is 47.9 Å². The van der Waals surface area contributed by atoms with Crippen molar-refractivity contribution in [2.24, 2.45) is 0 Å². The first-order chi connectivity index (χ1) is 14.6. The molecule has 1 aromatic heterocycles. The van der Waals surface area contributed by atoms with Gasteiger partial charge in [-0.2, -0.15) is 0 Å². The summed E-state index contributed by atoms with van der Waals surface area (Å²) in [4.78, 5) is 12.3. The van der Waals surface area contributed by atoms with E-state index < -0.39 is 0 Å². The van der Waals surface area contributed by atoms with Crippen LogP contribution in [0, 0.1) is 0 Å². The lowest BCUT2D eigenvalue weighted by Gasteiger charge is -2.09. The van der Waals surface area contributed by atoms with Crippen molar-refractivity contribution in [2.75, 3.05) is 11.1 Å². The summed E-state index contributed by atoms with van der Waals surface area (Å²) in [7, 11) is 0. The third-order valence-corrected chi connectivity index (χ3v) is 5.75. The number of anilines is 1. The molecule has 0 saturated heterocycles. The smallest absolute Gasteiger partial charge is 0.234 e. The van der Waals surface area contributed by atoms with Crippen molar-refractivity contribution in [3.05, 3.63) is 65.5 Å². The van der Waals surface area contributed by atoms with Gasteiger partial charge in [-0.25, -0.2) is 0 Å². The summed E-state index contributed by atoms with van der Waals surface area (Å²) >= 11 is 1.38. The maximum absolute atomic E-state index is 12.3. The number of rotatable bonds is 10. The van der Waals surface area contributed by atoms with Gasteiger partial charge in [0, 0.05) is 12.2 Å². The summed E-state index contributed by atoms with van der Waals surface area (Å²) in [5.74, 6) is 1.76. The lowest BCUT2D eigenvalue weighted by Crippen LogP contribution is -2.15. The molecular weight excluding hydrogens is 396 g/mol. The molecule has 1 amide bonds. The third-order valence-electron chi connectivity index (χ3n) is 4.79. The van der Waals surface area contributed by atoms with Crippen LogP contribution in [0.15, 0.2) is 53.7 Å². The Bertz CT molecular complexity index is 952. The van der Waals surface area contributed by atoms with Gasteiger partial charge >= 0.3 is 0 Å². The monoisotopic (exact) mass is 424 g/mol. The molecule has 1 N–H and O–H groups in total. The van der Waals surface area contributed by atoms with E-state index in [1.54, 1.807) is 0 Å². The summed E-state index contributed by atoms with van der Waals surface area (Å²) in [5.41, 5.74) is 3.32. The van der Waals surface area contributed by atoms with Crippen molar-refractivity contribution in [2.45, 2.75) is 51.9 Å². The molecule has 3 rings (SSSR count). The lowest BCUT2D eigenvalue weighted by molar-refractivity contribution is -0.113. The molecule has 7 heteroatoms. The Balaban J connectivity index is 1.54. The van der Waals surface area contributed by atoms with Gasteiger partial charge in [0.15, 0.2) is 11.0 Å². The van der Waals surface area contributed by atoms with Gasteiger partial charge in [-0.1, -0.05) is 49.9 Å². The average molecular weight is 425 g/mol. The molecule has 0 radical (unpaired) electrons. The Morgan fingerprint density at radius 3 is 2.20 bits per heavy atom. The molecule has 2 aromatic carbocycles. The molecule has 1 heterocycles. The SMILES string of the molecule is CCc1ccc(NC(=O)CSc2nnc(COc3ccc(CC)cc3)n2CC)cc1. The second kappa shape index (κ2) is 10.8. The number of thioether (sulfide) groups is 1. The molecule has 0 atom stereocenters. The number of carbonyl (C=O) groups is 1. The standard InChI is InChI=1S/C23H28N4O2S/c1-4-17-7-11-19(12-8-17)24-22(28)16-30-23-26-25-21(27(23)6-3)15-29-20-13-9-18(5-2)10-14-20/h7-14H,4-6,15-16H2,1-3H3,(H,24,28). The van der Waals surface area contributed by atoms with Crippen LogP contribution in [0.3, 0.4) is 0 Å². The average Bonchev–Trinajstić information content (AvgIpc) is 3.19. The minimum Gasteiger partial charge on any atom is -0.486 e. The normalized spacial score (nSPS) is 10.8. The number of hydrogen-bond donors (Lipinski definition) is 1. The van der Waals surface area contributed by atoms with E-state index in [2.05, 4.69) is 41.5 Å². The van der Waals surface area contributed by atoms with E-state index >= 15 is 0 Å². The number of aromatic nitrogens is 3. The van der Waals surface area contributed by atoms with Gasteiger partial charge in [0.05, 0.1) is 5.75 Å². The van der Waals surface area contributed by atoms with E-state index in [4.69, 9.17) is 4.74 Å². The van der Waals surface area contributed by atoms with Crippen LogP contribution in [0.2, 0.25) is 0 Å². The first-order valence-electron chi connectivity index (χ1n) is 10.3. The highest BCUT2D eigenvalue weighted by atomic mass is 32.2. The van der Waals surface area contributed by atoms with E-state index in [0.29, 0.717) is 18.3 Å². The first-order valence-corrected chi connectivity index (χ1v) is 11.3. The molecule has 0 aliphatic rings. The summed E-state index contributed by atoms with van der Waals surface area (Å²) < 4.78 is 7.84. The number of hydrogen-bond acceptors (Lipinski definition) is 5. The minimum absolute atomic E-state index is 0.0660. The predicted molar refractivity (Wildman–Crippen MR) is 121 cm³/mol. The van der Waals surface area contributed by atoms with Crippen LogP contribution >= 0.6 is 11.8 Å². The molecule has 0 bridgehead atoms. The Morgan fingerprint density at radius 1 is 0.967 bits per heavy atom. The van der Waals surface area contributed by atoms with Gasteiger partial charge < -0.3 is 14.6 Å². The van der Waals surface area contributed by atoms with Crippen LogP contribution in [-0.2, 0) is 30.8 Å². The minimum atomic E-state index is -0.0660. The molecule has 6 nitrogen and oxygen atoms in total. The number of carbonyl (C=O) groups excluding carboxylic acids is 1. The lowest BCUT2D eigenvalue weighted by atomic mass is 10.1. The third kappa shape index (κ3) is 5.86. The zero-order valence-corrected chi connectivity index (χ0v) is 18.5. The summed E-state index contributed by atoms with van der Waals surface area (Å²) in [5, 5.41) is 12.1. The summed E-state index contributed by atoms with van der Waals surface area (Å²) in [6.07, 6.45) is 1.98. The van der Waals surface area contributed by atoms with Crippen molar-refractivity contribution in [1.82, 2.24) is 14.8 Å². The molecule has 0 aliphatic carbocycles. The maximum atomic E-state index is 12.3. The van der Waals surface area contributed by atoms with E-state index in [1.165, 1.54) is 22.9 Å². The van der Waals surface area contributed by atoms with Crippen LogP contribution in [0.4, 0.5) is 5.69 Å². The van der Waals surface area contributed by atoms with E-state index in [9.17, 15) is 4.79 Å². The molecule has 0 unspecified atom stereocenters. The highest BCUT2D eigenvalue weighted by Gasteiger charge is 2.14. The molecule has 0 fully saturated rings. The topological polar surface area (TPSA) is 69.0 Å². The van der Waals surface area contributed by atoms with E-state index in [-0.39, 0.29) is 11.7 Å². The Morgan fingerprint density at radius 2 is 1.60 bits per heavy atom. The second-order valence-electron chi connectivity index (χ2n) is 6.82. The number of benzene rings is 2. The highest BCUT2D eigenvalue weighted by Crippen LogP contribution is 2.20. The Labute approximate surface area is 182 Å². The van der Waals surface area contributed by atoms with Crippen LogP contribution in [0.1, 0.15) is 37.7 Å². The van der Waals surface area contributed by atoms with Crippen molar-refractivity contribution in [3.63, 3.8) is 0 Å². The van der Waals surface area contributed by atoms with Crippen molar-refractivity contribution in [1.29, 1.82) is 0 Å². The predicted octanol–water partition coefficient (Wildman–Crippen LogP) is 4.73. The van der Waals surface area contributed by atoms with Crippen LogP contribution in [0.25, 0.3) is 0 Å². The van der Waals surface area contributed by atoms with Gasteiger partial charge in [0.1, 0.15) is 12.4 Å². The second-order valence-corrected chi connectivity index (χ2v) is 7.76. The van der Waals surface area contributed by atoms with Gasteiger partial charge in [-0.05, 0) is 55.2 Å². The number of ether oxygens (including phenoxy) is 1. The fraction of sp³-hybridized carbons (Fsp3) is 0.348. The summed E-state index contributed by atoms with van der Waals surface area (Å²) in [6.45, 7) is 7.31. The Kier molecular flexibility index (Phi) is 7.90. The fourth-order valence-corrected chi connectivity index (χ4v) is 3.79. The number of aryl methyl sites for hydroxylation is 2. The van der Waals surface area contributed by atoms with Crippen LogP contribution in [-0.4, -0.2) is 26.4 Å². The fourth-order valence-electron chi connectivity index (χ4n) is 2.97. The Hall–Kier alpha value is -2.80. The first kappa shape index (κ1) is 21.9. The largest absolute Gasteiger partial charge is 0.486 e. The van der Waals surface area contributed by atoms with Gasteiger partial charge in [-0.3, -0.25) is 4.79 Å². The van der Waals surface area contributed by atoms with Crippen molar-refractivity contribution in [3.8, 4) is 5.75 Å². The highest BCUT2D eigenvalue weighted by molar-refractivity contribution is 7.99. The zero-order valence-electron chi connectivity index (χ0n) is 17.7. The van der Waals surface area contributed by atoms with Crippen LogP contribution in [0.5, 0.6) is 5.75 Å². The molecule has 30 heavy (non-hydrogen) atoms. The maximum Gasteiger partial charge on any atom is 0.234 e. The molecule has 0 aliphatic heterocycles. The van der Waals surface area contributed by atoms with E-state index in [0.717, 1.165) is 30.1 Å². The molecule has 0 saturated carbocycles.